The smallest absolute Gasteiger partial charge is 0.264 e. The minimum Gasteiger partial charge on any atom is -0.506 e. The highest BCUT2D eigenvalue weighted by atomic mass is 32.2. The zero-order valence-electron chi connectivity index (χ0n) is 16.3. The largest absolute Gasteiger partial charge is 0.506 e. The van der Waals surface area contributed by atoms with Gasteiger partial charge in [0, 0.05) is 19.6 Å². The van der Waals surface area contributed by atoms with Crippen molar-refractivity contribution in [2.24, 2.45) is 0 Å². The summed E-state index contributed by atoms with van der Waals surface area (Å²) in [7, 11) is -3.68. The molecular weight excluding hydrogens is 426 g/mol. The molecule has 0 spiro atoms. The van der Waals surface area contributed by atoms with Gasteiger partial charge in [0.05, 0.1) is 15.5 Å². The molecular formula is C20H23N3O5S2. The van der Waals surface area contributed by atoms with E-state index >= 15 is 0 Å². The van der Waals surface area contributed by atoms with Gasteiger partial charge in [-0.15, -0.1) is 11.3 Å². The Morgan fingerprint density at radius 1 is 1.10 bits per heavy atom. The predicted octanol–water partition coefficient (Wildman–Crippen LogP) is 2.48. The maximum atomic E-state index is 12.9. The van der Waals surface area contributed by atoms with Crippen molar-refractivity contribution in [3.8, 4) is 5.75 Å². The SMILES string of the molecule is O=C(Nc1cc(S(=O)(=O)N2CCCC2)ccc1O)[C@@H]1CCCN1C(=O)c1cccs1. The molecule has 1 aromatic heterocycles. The third-order valence-electron chi connectivity index (χ3n) is 5.48. The molecule has 30 heavy (non-hydrogen) atoms. The lowest BCUT2D eigenvalue weighted by Gasteiger charge is -2.24. The van der Waals surface area contributed by atoms with Crippen LogP contribution in [0.4, 0.5) is 5.69 Å². The van der Waals surface area contributed by atoms with Crippen LogP contribution in [0.3, 0.4) is 0 Å². The molecule has 1 atom stereocenters. The number of hydrogen-bond donors (Lipinski definition) is 2. The Morgan fingerprint density at radius 3 is 2.57 bits per heavy atom. The van der Waals surface area contributed by atoms with Crippen LogP contribution in [-0.4, -0.2) is 60.2 Å². The summed E-state index contributed by atoms with van der Waals surface area (Å²) in [4.78, 5) is 27.7. The van der Waals surface area contributed by atoms with Crippen LogP contribution in [0.25, 0.3) is 0 Å². The number of phenolic OH excluding ortho intramolecular Hbond substituents is 1. The summed E-state index contributed by atoms with van der Waals surface area (Å²) >= 11 is 1.32. The van der Waals surface area contributed by atoms with Gasteiger partial charge in [-0.2, -0.15) is 4.31 Å². The molecule has 160 valence electrons. The fourth-order valence-electron chi connectivity index (χ4n) is 3.89. The number of sulfonamides is 1. The van der Waals surface area contributed by atoms with Crippen LogP contribution < -0.4 is 5.32 Å². The first-order valence-corrected chi connectivity index (χ1v) is 12.2. The number of rotatable bonds is 5. The highest BCUT2D eigenvalue weighted by Gasteiger charge is 2.35. The Morgan fingerprint density at radius 2 is 1.87 bits per heavy atom. The zero-order chi connectivity index (χ0) is 21.3. The van der Waals surface area contributed by atoms with Crippen molar-refractivity contribution in [2.75, 3.05) is 25.0 Å². The quantitative estimate of drug-likeness (QED) is 0.682. The molecule has 0 radical (unpaired) electrons. The second-order valence-electron chi connectivity index (χ2n) is 7.41. The third-order valence-corrected chi connectivity index (χ3v) is 8.23. The highest BCUT2D eigenvalue weighted by molar-refractivity contribution is 7.89. The molecule has 0 saturated carbocycles. The highest BCUT2D eigenvalue weighted by Crippen LogP contribution is 2.30. The molecule has 1 aromatic carbocycles. The van der Waals surface area contributed by atoms with E-state index in [4.69, 9.17) is 0 Å². The first-order valence-electron chi connectivity index (χ1n) is 9.86. The summed E-state index contributed by atoms with van der Waals surface area (Å²) < 4.78 is 27.0. The molecule has 2 aliphatic rings. The van der Waals surface area contributed by atoms with Gasteiger partial charge in [0.2, 0.25) is 15.9 Å². The summed E-state index contributed by atoms with van der Waals surface area (Å²) in [6.45, 7) is 1.41. The molecule has 10 heteroatoms. The van der Waals surface area contributed by atoms with Crippen molar-refractivity contribution in [3.05, 3.63) is 40.6 Å². The number of carbonyl (C=O) groups is 2. The van der Waals surface area contributed by atoms with Crippen LogP contribution in [0.15, 0.2) is 40.6 Å². The van der Waals surface area contributed by atoms with Crippen molar-refractivity contribution >= 4 is 38.9 Å². The van der Waals surface area contributed by atoms with Gasteiger partial charge in [0.15, 0.2) is 0 Å². The molecule has 0 unspecified atom stereocenters. The average molecular weight is 450 g/mol. The van der Waals surface area contributed by atoms with Gasteiger partial charge < -0.3 is 15.3 Å². The van der Waals surface area contributed by atoms with E-state index in [1.54, 1.807) is 12.1 Å². The minimum atomic E-state index is -3.68. The Hall–Kier alpha value is -2.43. The van der Waals surface area contributed by atoms with Gasteiger partial charge in [0.25, 0.3) is 5.91 Å². The summed E-state index contributed by atoms with van der Waals surface area (Å²) in [6, 6.07) is 6.72. The van der Waals surface area contributed by atoms with Gasteiger partial charge in [-0.1, -0.05) is 6.07 Å². The van der Waals surface area contributed by atoms with Crippen LogP contribution in [0, 0.1) is 0 Å². The fourth-order valence-corrected chi connectivity index (χ4v) is 6.12. The Labute approximate surface area is 179 Å². The minimum absolute atomic E-state index is 0.0236. The third kappa shape index (κ3) is 3.94. The van der Waals surface area contributed by atoms with E-state index in [-0.39, 0.29) is 22.2 Å². The van der Waals surface area contributed by atoms with Crippen molar-refractivity contribution in [1.82, 2.24) is 9.21 Å². The normalized spacial score (nSPS) is 19.9. The van der Waals surface area contributed by atoms with Gasteiger partial charge in [-0.3, -0.25) is 9.59 Å². The van der Waals surface area contributed by atoms with Gasteiger partial charge >= 0.3 is 0 Å². The molecule has 2 aromatic rings. The lowest BCUT2D eigenvalue weighted by Crippen LogP contribution is -2.43. The lowest BCUT2D eigenvalue weighted by atomic mass is 10.2. The second-order valence-corrected chi connectivity index (χ2v) is 10.3. The Bertz CT molecular complexity index is 1050. The van der Waals surface area contributed by atoms with Crippen LogP contribution >= 0.6 is 11.3 Å². The second kappa shape index (κ2) is 8.37. The van der Waals surface area contributed by atoms with Crippen LogP contribution in [-0.2, 0) is 14.8 Å². The number of carbonyl (C=O) groups excluding carboxylic acids is 2. The molecule has 8 nitrogen and oxygen atoms in total. The van der Waals surface area contributed by atoms with Gasteiger partial charge in [-0.25, -0.2) is 8.42 Å². The maximum absolute atomic E-state index is 12.9. The van der Waals surface area contributed by atoms with Crippen molar-refractivity contribution in [2.45, 2.75) is 36.6 Å². The maximum Gasteiger partial charge on any atom is 0.264 e. The van der Waals surface area contributed by atoms with Crippen molar-refractivity contribution in [3.63, 3.8) is 0 Å². The number of benzene rings is 1. The Balaban J connectivity index is 1.53. The molecule has 0 aliphatic carbocycles. The van der Waals surface area contributed by atoms with Crippen molar-refractivity contribution in [1.29, 1.82) is 0 Å². The van der Waals surface area contributed by atoms with Crippen LogP contribution in [0.5, 0.6) is 5.75 Å². The molecule has 2 amide bonds. The molecule has 2 N–H and O–H groups in total. The number of likely N-dealkylation sites (tertiary alicyclic amines) is 1. The van der Waals surface area contributed by atoms with Crippen LogP contribution in [0.1, 0.15) is 35.4 Å². The first kappa shape index (κ1) is 20.8. The van der Waals surface area contributed by atoms with Crippen LogP contribution in [0.2, 0.25) is 0 Å². The molecule has 2 saturated heterocycles. The summed E-state index contributed by atoms with van der Waals surface area (Å²) in [6.07, 6.45) is 2.84. The number of thiophene rings is 1. The molecule has 2 fully saturated rings. The van der Waals surface area contributed by atoms with E-state index in [2.05, 4.69) is 5.32 Å². The average Bonchev–Trinajstić information content (AvgIpc) is 3.51. The number of anilines is 1. The fraction of sp³-hybridized carbons (Fsp3) is 0.400. The lowest BCUT2D eigenvalue weighted by molar-refractivity contribution is -0.119. The van der Waals surface area contributed by atoms with Gasteiger partial charge in [0.1, 0.15) is 11.8 Å². The molecule has 0 bridgehead atoms. The van der Waals surface area contributed by atoms with Crippen molar-refractivity contribution < 1.29 is 23.1 Å². The summed E-state index contributed by atoms with van der Waals surface area (Å²) in [5.74, 6) is -0.862. The topological polar surface area (TPSA) is 107 Å². The molecule has 2 aliphatic heterocycles. The summed E-state index contributed by atoms with van der Waals surface area (Å²) in [5.41, 5.74) is 0.0238. The van der Waals surface area contributed by atoms with E-state index in [0.29, 0.717) is 37.4 Å². The molecule has 4 rings (SSSR count). The monoisotopic (exact) mass is 449 g/mol. The predicted molar refractivity (Wildman–Crippen MR) is 113 cm³/mol. The molecule has 3 heterocycles. The number of aromatic hydroxyl groups is 1. The standard InChI is InChI=1S/C20H23N3O5S2/c24-17-8-7-14(30(27,28)22-9-1-2-10-22)13-15(17)21-19(25)16-5-3-11-23(16)20(26)18-6-4-12-29-18/h4,6-8,12-13,16,24H,1-3,5,9-11H2,(H,21,25)/t16-/m0/s1. The van der Waals surface area contributed by atoms with E-state index < -0.39 is 22.0 Å². The van der Waals surface area contributed by atoms with Gasteiger partial charge in [-0.05, 0) is 55.3 Å². The first-order chi connectivity index (χ1) is 14.4. The van der Waals surface area contributed by atoms with E-state index in [1.165, 1.54) is 38.7 Å². The van der Waals surface area contributed by atoms with E-state index in [0.717, 1.165) is 12.8 Å². The number of amides is 2. The number of nitrogens with one attached hydrogen (secondary N) is 1. The van der Waals surface area contributed by atoms with E-state index in [1.807, 2.05) is 5.38 Å². The number of hydrogen-bond acceptors (Lipinski definition) is 6. The zero-order valence-corrected chi connectivity index (χ0v) is 17.9. The Kier molecular flexibility index (Phi) is 5.81. The van der Waals surface area contributed by atoms with E-state index in [9.17, 15) is 23.1 Å². The summed E-state index contributed by atoms with van der Waals surface area (Å²) in [5, 5.41) is 14.6. The number of phenols is 1. The number of nitrogens with zero attached hydrogens (tertiary/aromatic N) is 2.